The first-order valence-electron chi connectivity index (χ1n) is 4.87. The highest BCUT2D eigenvalue weighted by Gasteiger charge is 2.19. The van der Waals surface area contributed by atoms with E-state index in [1.165, 1.54) is 4.31 Å². The van der Waals surface area contributed by atoms with Crippen LogP contribution < -0.4 is 4.31 Å². The van der Waals surface area contributed by atoms with Crippen molar-refractivity contribution in [1.29, 1.82) is 0 Å². The molecule has 0 saturated heterocycles. The van der Waals surface area contributed by atoms with E-state index in [-0.39, 0.29) is 11.7 Å². The summed E-state index contributed by atoms with van der Waals surface area (Å²) in [5.41, 5.74) is 0.582. The highest BCUT2D eigenvalue weighted by atomic mass is 32.2. The molecule has 0 aliphatic carbocycles. The Morgan fingerprint density at radius 1 is 1.40 bits per heavy atom. The van der Waals surface area contributed by atoms with Crippen LogP contribution in [0.3, 0.4) is 0 Å². The fraction of sp³-hybridized carbons (Fsp3) is 0.455. The second-order valence-electron chi connectivity index (χ2n) is 3.89. The van der Waals surface area contributed by atoms with Gasteiger partial charge in [-0.2, -0.15) is 0 Å². The van der Waals surface area contributed by atoms with Gasteiger partial charge in [0.15, 0.2) is 0 Å². The molecule has 83 valence electrons. The monoisotopic (exact) mass is 226 g/mol. The van der Waals surface area contributed by atoms with E-state index >= 15 is 0 Å². The molecule has 0 aliphatic heterocycles. The van der Waals surface area contributed by atoms with Gasteiger partial charge in [-0.25, -0.2) is 8.42 Å². The first-order valence-corrected chi connectivity index (χ1v) is 6.47. The second kappa shape index (κ2) is 4.66. The van der Waals surface area contributed by atoms with Gasteiger partial charge in [0.1, 0.15) is 0 Å². The molecule has 0 N–H and O–H groups in total. The lowest BCUT2D eigenvalue weighted by Crippen LogP contribution is -2.30. The van der Waals surface area contributed by atoms with Crippen LogP contribution in [0.5, 0.6) is 0 Å². The summed E-state index contributed by atoms with van der Waals surface area (Å²) in [5, 5.41) is 0. The maximum absolute atomic E-state index is 11.8. The molecule has 0 bridgehead atoms. The minimum absolute atomic E-state index is 0.126. The zero-order valence-electron chi connectivity index (χ0n) is 9.27. The van der Waals surface area contributed by atoms with Gasteiger partial charge >= 0.3 is 0 Å². The smallest absolute Gasteiger partial charge is 0.235 e. The Bertz CT molecular complexity index is 398. The van der Waals surface area contributed by atoms with Crippen molar-refractivity contribution in [2.24, 2.45) is 5.92 Å². The molecule has 0 heterocycles. The number of anilines is 1. The zero-order valence-corrected chi connectivity index (χ0v) is 10.1. The van der Waals surface area contributed by atoms with E-state index in [1.54, 1.807) is 25.2 Å². The molecule has 3 nitrogen and oxygen atoms in total. The number of nitrogens with zero attached hydrogens (tertiary/aromatic N) is 1. The van der Waals surface area contributed by atoms with Crippen LogP contribution in [-0.4, -0.2) is 21.2 Å². The zero-order chi connectivity index (χ0) is 11.5. The third-order valence-corrected chi connectivity index (χ3v) is 4.11. The number of benzene rings is 1. The summed E-state index contributed by atoms with van der Waals surface area (Å²) in [7, 11) is -1.65. The molecule has 0 spiro atoms. The van der Waals surface area contributed by atoms with Crippen LogP contribution >= 0.6 is 0 Å². The molecule has 0 atom stereocenters. The van der Waals surface area contributed by atoms with E-state index < -0.39 is 10.0 Å². The third-order valence-electron chi connectivity index (χ3n) is 1.99. The van der Waals surface area contributed by atoms with Crippen molar-refractivity contribution in [1.82, 2.24) is 0 Å². The Hall–Kier alpha value is -1.03. The van der Waals surface area contributed by atoms with Gasteiger partial charge in [0, 0.05) is 13.1 Å². The normalized spacial score (nSPS) is 11.7. The van der Waals surface area contributed by atoms with Crippen molar-refractivity contribution >= 4 is 15.7 Å². The van der Waals surface area contributed by atoms with Crippen molar-refractivity contribution in [3.8, 4) is 0 Å². The average molecular weight is 226 g/mol. The summed E-state index contributed by atoms with van der Waals surface area (Å²) in [6.07, 6.45) is 0. The Morgan fingerprint density at radius 3 is 2.53 bits per heavy atom. The minimum atomic E-state index is -3.21. The van der Waals surface area contributed by atoms with Gasteiger partial charge in [0.2, 0.25) is 10.0 Å². The molecular formula is C11H16NO2S. The fourth-order valence-corrected chi connectivity index (χ4v) is 2.74. The molecule has 15 heavy (non-hydrogen) atoms. The summed E-state index contributed by atoms with van der Waals surface area (Å²) in [6, 6.07) is 9.94. The van der Waals surface area contributed by atoms with Crippen LogP contribution in [0.4, 0.5) is 5.69 Å². The molecule has 0 saturated carbocycles. The number of para-hydroxylation sites is 1. The molecule has 1 aromatic carbocycles. The van der Waals surface area contributed by atoms with Crippen LogP contribution in [0, 0.1) is 12.0 Å². The maximum Gasteiger partial charge on any atom is 0.235 e. The van der Waals surface area contributed by atoms with Gasteiger partial charge in [-0.1, -0.05) is 32.0 Å². The summed E-state index contributed by atoms with van der Waals surface area (Å²) in [6.45, 7) is 3.78. The Morgan fingerprint density at radius 2 is 2.07 bits per heavy atom. The molecule has 1 radical (unpaired) electrons. The first kappa shape index (κ1) is 12.0. The van der Waals surface area contributed by atoms with E-state index in [2.05, 4.69) is 6.07 Å². The first-order chi connectivity index (χ1) is 6.93. The van der Waals surface area contributed by atoms with Crippen molar-refractivity contribution < 1.29 is 8.42 Å². The molecule has 1 aromatic rings. The predicted octanol–water partition coefficient (Wildman–Crippen LogP) is 1.91. The molecule has 0 aromatic heterocycles. The second-order valence-corrected chi connectivity index (χ2v) is 5.93. The van der Waals surface area contributed by atoms with Crippen LogP contribution in [0.15, 0.2) is 24.3 Å². The molecular weight excluding hydrogens is 210 g/mol. The van der Waals surface area contributed by atoms with Crippen molar-refractivity contribution in [3.05, 3.63) is 30.3 Å². The van der Waals surface area contributed by atoms with Crippen molar-refractivity contribution in [2.45, 2.75) is 13.8 Å². The highest BCUT2D eigenvalue weighted by molar-refractivity contribution is 7.92. The lowest BCUT2D eigenvalue weighted by atomic mass is 10.3. The van der Waals surface area contributed by atoms with Crippen molar-refractivity contribution in [3.63, 3.8) is 0 Å². The highest BCUT2D eigenvalue weighted by Crippen LogP contribution is 2.16. The van der Waals surface area contributed by atoms with Crippen LogP contribution in [0.1, 0.15) is 13.8 Å². The summed E-state index contributed by atoms with van der Waals surface area (Å²) < 4.78 is 25.0. The van der Waals surface area contributed by atoms with Crippen molar-refractivity contribution in [2.75, 3.05) is 17.1 Å². The number of hydrogen-bond acceptors (Lipinski definition) is 2. The molecule has 0 unspecified atom stereocenters. The maximum atomic E-state index is 11.8. The van der Waals surface area contributed by atoms with Crippen LogP contribution in [0.25, 0.3) is 0 Å². The standard InChI is InChI=1S/C11H16NO2S/c1-10(2)9-15(13,14)12(3)11-7-5-4-6-8-11/h4-7,10H,9H2,1-3H3. The largest absolute Gasteiger partial charge is 0.273 e. The lowest BCUT2D eigenvalue weighted by molar-refractivity contribution is 0.580. The summed E-state index contributed by atoms with van der Waals surface area (Å²) in [4.78, 5) is 0. The van der Waals surface area contributed by atoms with Gasteiger partial charge in [0.25, 0.3) is 0 Å². The minimum Gasteiger partial charge on any atom is -0.273 e. The Balaban J connectivity index is 2.90. The molecule has 0 fully saturated rings. The van der Waals surface area contributed by atoms with E-state index in [9.17, 15) is 8.42 Å². The van der Waals surface area contributed by atoms with Gasteiger partial charge < -0.3 is 0 Å². The lowest BCUT2D eigenvalue weighted by Gasteiger charge is -2.20. The van der Waals surface area contributed by atoms with E-state index in [0.29, 0.717) is 5.69 Å². The topological polar surface area (TPSA) is 37.4 Å². The quantitative estimate of drug-likeness (QED) is 0.786. The molecule has 4 heteroatoms. The molecule has 0 amide bonds. The van der Waals surface area contributed by atoms with Gasteiger partial charge in [0.05, 0.1) is 11.4 Å². The van der Waals surface area contributed by atoms with Gasteiger partial charge in [-0.3, -0.25) is 4.31 Å². The van der Waals surface area contributed by atoms with Crippen LogP contribution in [0.2, 0.25) is 0 Å². The van der Waals surface area contributed by atoms with E-state index in [0.717, 1.165) is 0 Å². The number of rotatable bonds is 4. The summed E-state index contributed by atoms with van der Waals surface area (Å²) in [5.74, 6) is 0.285. The van der Waals surface area contributed by atoms with Gasteiger partial charge in [-0.05, 0) is 12.0 Å². The van der Waals surface area contributed by atoms with E-state index in [4.69, 9.17) is 0 Å². The van der Waals surface area contributed by atoms with Gasteiger partial charge in [-0.15, -0.1) is 0 Å². The molecule has 0 aliphatic rings. The van der Waals surface area contributed by atoms with E-state index in [1.807, 2.05) is 19.9 Å². The Kier molecular flexibility index (Phi) is 3.74. The number of sulfonamides is 1. The molecule has 1 rings (SSSR count). The average Bonchev–Trinajstić information content (AvgIpc) is 2.16. The predicted molar refractivity (Wildman–Crippen MR) is 62.3 cm³/mol. The SMILES string of the molecule is CC(C)CS(=O)(=O)N(C)c1[c]cccc1. The fourth-order valence-electron chi connectivity index (χ4n) is 1.26. The third kappa shape index (κ3) is 3.23. The number of hydrogen-bond donors (Lipinski definition) is 0. The van der Waals surface area contributed by atoms with Crippen LogP contribution in [-0.2, 0) is 10.0 Å². The summed E-state index contributed by atoms with van der Waals surface area (Å²) >= 11 is 0. The Labute approximate surface area is 91.8 Å².